The number of aromatic nitrogens is 3. The molecule has 6 nitrogen and oxygen atoms in total. The number of esters is 1. The number of para-hydroxylation sites is 1. The van der Waals surface area contributed by atoms with Crippen LogP contribution in [0.1, 0.15) is 20.1 Å². The van der Waals surface area contributed by atoms with Gasteiger partial charge in [-0.2, -0.15) is 0 Å². The van der Waals surface area contributed by atoms with E-state index in [4.69, 9.17) is 9.47 Å². The molecule has 0 saturated heterocycles. The van der Waals surface area contributed by atoms with Gasteiger partial charge in [-0.15, -0.1) is 5.10 Å². The van der Waals surface area contributed by atoms with Crippen molar-refractivity contribution in [1.29, 1.82) is 0 Å². The summed E-state index contributed by atoms with van der Waals surface area (Å²) in [6.07, 6.45) is -0.887. The molecule has 0 spiro atoms. The van der Waals surface area contributed by atoms with E-state index < -0.39 is 12.2 Å². The fourth-order valence-corrected chi connectivity index (χ4v) is 1.67. The van der Waals surface area contributed by atoms with E-state index in [1.165, 1.54) is 4.68 Å². The molecule has 0 amide bonds. The smallest absolute Gasteiger partial charge is 0.358 e. The van der Waals surface area contributed by atoms with E-state index in [1.807, 2.05) is 31.2 Å². The molecule has 1 atom stereocenters. The van der Waals surface area contributed by atoms with Gasteiger partial charge in [0.05, 0.1) is 12.1 Å². The lowest BCUT2D eigenvalue weighted by Gasteiger charge is -2.15. The zero-order valence-corrected chi connectivity index (χ0v) is 10.4. The first-order chi connectivity index (χ1) is 8.77. The molecule has 0 bridgehead atoms. The average molecular weight is 249 g/mol. The van der Waals surface area contributed by atoms with Crippen molar-refractivity contribution in [2.75, 3.05) is 13.2 Å². The summed E-state index contributed by atoms with van der Waals surface area (Å²) >= 11 is 0. The van der Waals surface area contributed by atoms with Crippen LogP contribution in [0.25, 0.3) is 11.0 Å². The number of fused-ring (bicyclic) bond motifs is 1. The number of carbonyl (C=O) groups is 1. The summed E-state index contributed by atoms with van der Waals surface area (Å²) in [4.78, 5) is 11.8. The molecule has 0 aliphatic rings. The van der Waals surface area contributed by atoms with Gasteiger partial charge in [0, 0.05) is 6.61 Å². The van der Waals surface area contributed by atoms with E-state index in [0.29, 0.717) is 18.7 Å². The van der Waals surface area contributed by atoms with Gasteiger partial charge in [-0.3, -0.25) is 0 Å². The van der Waals surface area contributed by atoms with Crippen LogP contribution in [0.2, 0.25) is 0 Å². The lowest BCUT2D eigenvalue weighted by molar-refractivity contribution is -0.164. The Morgan fingerprint density at radius 2 is 2.11 bits per heavy atom. The number of nitrogens with zero attached hydrogens (tertiary/aromatic N) is 3. The highest BCUT2D eigenvalue weighted by Gasteiger charge is 2.25. The number of carbonyl (C=O) groups excluding carboxylic acids is 1. The molecule has 1 aromatic heterocycles. The SMILES string of the molecule is CCOC(=O)C(OCC)n1nnc2ccccc21. The maximum absolute atomic E-state index is 11.8. The number of ether oxygens (including phenoxy) is 2. The van der Waals surface area contributed by atoms with Crippen LogP contribution in [-0.4, -0.2) is 34.2 Å². The standard InChI is InChI=1S/C12H15N3O3/c1-3-17-11(12(16)18-4-2)15-10-8-6-5-7-9(10)13-14-15/h5-8,11H,3-4H2,1-2H3. The van der Waals surface area contributed by atoms with Crippen LogP contribution in [0.15, 0.2) is 24.3 Å². The molecule has 96 valence electrons. The van der Waals surface area contributed by atoms with E-state index >= 15 is 0 Å². The minimum Gasteiger partial charge on any atom is -0.463 e. The van der Waals surface area contributed by atoms with Gasteiger partial charge in [-0.1, -0.05) is 17.3 Å². The van der Waals surface area contributed by atoms with Gasteiger partial charge in [0.15, 0.2) is 0 Å². The molecule has 0 aliphatic carbocycles. The largest absolute Gasteiger partial charge is 0.463 e. The number of rotatable bonds is 5. The third kappa shape index (κ3) is 2.33. The molecule has 1 unspecified atom stereocenters. The van der Waals surface area contributed by atoms with Crippen LogP contribution in [-0.2, 0) is 14.3 Å². The topological polar surface area (TPSA) is 66.2 Å². The highest BCUT2D eigenvalue weighted by molar-refractivity contribution is 5.78. The molecule has 0 radical (unpaired) electrons. The van der Waals surface area contributed by atoms with Crippen LogP contribution >= 0.6 is 0 Å². The van der Waals surface area contributed by atoms with Gasteiger partial charge in [0.2, 0.25) is 0 Å². The van der Waals surface area contributed by atoms with E-state index in [9.17, 15) is 4.79 Å². The lowest BCUT2D eigenvalue weighted by atomic mass is 10.3. The highest BCUT2D eigenvalue weighted by atomic mass is 16.6. The summed E-state index contributed by atoms with van der Waals surface area (Å²) in [5.41, 5.74) is 1.45. The zero-order valence-electron chi connectivity index (χ0n) is 10.4. The molecule has 2 aromatic rings. The monoisotopic (exact) mass is 249 g/mol. The van der Waals surface area contributed by atoms with Crippen LogP contribution in [0.3, 0.4) is 0 Å². The second-order valence-electron chi connectivity index (χ2n) is 3.58. The first-order valence-corrected chi connectivity index (χ1v) is 5.86. The minimum absolute atomic E-state index is 0.301. The number of benzene rings is 1. The maximum Gasteiger partial charge on any atom is 0.358 e. The summed E-state index contributed by atoms with van der Waals surface area (Å²) in [5, 5.41) is 7.95. The van der Waals surface area contributed by atoms with Crippen LogP contribution in [0, 0.1) is 0 Å². The Bertz CT molecular complexity index is 538. The second kappa shape index (κ2) is 5.59. The molecule has 0 N–H and O–H groups in total. The Morgan fingerprint density at radius 1 is 1.33 bits per heavy atom. The van der Waals surface area contributed by atoms with Crippen LogP contribution in [0.5, 0.6) is 0 Å². The Hall–Kier alpha value is -1.95. The van der Waals surface area contributed by atoms with Crippen molar-refractivity contribution in [2.45, 2.75) is 20.1 Å². The van der Waals surface area contributed by atoms with E-state index in [2.05, 4.69) is 10.3 Å². The number of hydrogen-bond acceptors (Lipinski definition) is 5. The van der Waals surface area contributed by atoms with E-state index in [-0.39, 0.29) is 0 Å². The lowest BCUT2D eigenvalue weighted by Crippen LogP contribution is -2.25. The van der Waals surface area contributed by atoms with E-state index in [1.54, 1.807) is 6.92 Å². The van der Waals surface area contributed by atoms with Crippen LogP contribution in [0.4, 0.5) is 0 Å². The number of hydrogen-bond donors (Lipinski definition) is 0. The van der Waals surface area contributed by atoms with Crippen molar-refractivity contribution in [3.63, 3.8) is 0 Å². The third-order valence-electron chi connectivity index (χ3n) is 2.41. The molecular weight excluding hydrogens is 234 g/mol. The van der Waals surface area contributed by atoms with E-state index in [0.717, 1.165) is 5.52 Å². The summed E-state index contributed by atoms with van der Waals surface area (Å²) in [6, 6.07) is 7.38. The molecule has 0 saturated carbocycles. The van der Waals surface area contributed by atoms with Crippen molar-refractivity contribution in [2.24, 2.45) is 0 Å². The Labute approximate surface area is 104 Å². The molecule has 6 heteroatoms. The predicted octanol–water partition coefficient (Wildman–Crippen LogP) is 1.53. The Morgan fingerprint density at radius 3 is 2.83 bits per heavy atom. The molecule has 1 aromatic carbocycles. The van der Waals surface area contributed by atoms with Gasteiger partial charge in [0.25, 0.3) is 6.23 Å². The third-order valence-corrected chi connectivity index (χ3v) is 2.41. The molecule has 0 fully saturated rings. The first-order valence-electron chi connectivity index (χ1n) is 5.86. The molecule has 18 heavy (non-hydrogen) atoms. The Balaban J connectivity index is 2.38. The summed E-state index contributed by atoms with van der Waals surface area (Å²) in [6.45, 7) is 4.25. The second-order valence-corrected chi connectivity index (χ2v) is 3.58. The summed E-state index contributed by atoms with van der Waals surface area (Å²) in [7, 11) is 0. The summed E-state index contributed by atoms with van der Waals surface area (Å²) in [5.74, 6) is -0.463. The average Bonchev–Trinajstić information content (AvgIpc) is 2.80. The van der Waals surface area contributed by atoms with Gasteiger partial charge < -0.3 is 9.47 Å². The minimum atomic E-state index is -0.887. The summed E-state index contributed by atoms with van der Waals surface area (Å²) < 4.78 is 11.8. The van der Waals surface area contributed by atoms with Gasteiger partial charge in [-0.05, 0) is 26.0 Å². The molecule has 1 heterocycles. The molecular formula is C12H15N3O3. The van der Waals surface area contributed by atoms with Crippen LogP contribution < -0.4 is 0 Å². The van der Waals surface area contributed by atoms with Crippen molar-refractivity contribution < 1.29 is 14.3 Å². The van der Waals surface area contributed by atoms with Crippen molar-refractivity contribution in [1.82, 2.24) is 15.0 Å². The quantitative estimate of drug-likeness (QED) is 0.752. The molecule has 2 rings (SSSR count). The van der Waals surface area contributed by atoms with Gasteiger partial charge in [0.1, 0.15) is 5.52 Å². The van der Waals surface area contributed by atoms with Crippen molar-refractivity contribution >= 4 is 17.0 Å². The molecule has 0 aliphatic heterocycles. The normalized spacial score (nSPS) is 12.6. The highest BCUT2D eigenvalue weighted by Crippen LogP contribution is 2.17. The first kappa shape index (κ1) is 12.5. The Kier molecular flexibility index (Phi) is 3.88. The fraction of sp³-hybridized carbons (Fsp3) is 0.417. The fourth-order valence-electron chi connectivity index (χ4n) is 1.67. The van der Waals surface area contributed by atoms with Crippen molar-refractivity contribution in [3.8, 4) is 0 Å². The maximum atomic E-state index is 11.8. The zero-order chi connectivity index (χ0) is 13.0. The van der Waals surface area contributed by atoms with Gasteiger partial charge >= 0.3 is 5.97 Å². The van der Waals surface area contributed by atoms with Crippen molar-refractivity contribution in [3.05, 3.63) is 24.3 Å². The predicted molar refractivity (Wildman–Crippen MR) is 64.8 cm³/mol. The van der Waals surface area contributed by atoms with Gasteiger partial charge in [-0.25, -0.2) is 9.48 Å².